The van der Waals surface area contributed by atoms with Crippen molar-refractivity contribution in [2.45, 2.75) is 52.1 Å². The average molecular weight is 477 g/mol. The van der Waals surface area contributed by atoms with Crippen molar-refractivity contribution in [2.75, 3.05) is 5.32 Å². The SMILES string of the molecule is CCCCc1nn2c(=O)cc(COc3cccc(NC(=O)[C@H](CC)c4ccccc4)c3)nc2s1. The molecule has 7 nitrogen and oxygen atoms in total. The molecule has 0 radical (unpaired) electrons. The maximum atomic E-state index is 12.9. The molecule has 0 saturated carbocycles. The van der Waals surface area contributed by atoms with Gasteiger partial charge < -0.3 is 10.1 Å². The Morgan fingerprint density at radius 1 is 1.12 bits per heavy atom. The number of unbranched alkanes of at least 4 members (excludes halogenated alkanes) is 1. The number of nitrogens with zero attached hydrogens (tertiary/aromatic N) is 3. The lowest BCUT2D eigenvalue weighted by Crippen LogP contribution is -2.20. The van der Waals surface area contributed by atoms with Crippen molar-refractivity contribution >= 4 is 27.9 Å². The molecule has 1 atom stereocenters. The summed E-state index contributed by atoms with van der Waals surface area (Å²) in [4.78, 5) is 30.4. The third-order valence-electron chi connectivity index (χ3n) is 5.50. The van der Waals surface area contributed by atoms with Crippen LogP contribution in [-0.4, -0.2) is 20.5 Å². The molecule has 1 amide bonds. The Balaban J connectivity index is 1.43. The molecule has 0 fully saturated rings. The van der Waals surface area contributed by atoms with E-state index in [1.807, 2.05) is 55.5 Å². The van der Waals surface area contributed by atoms with Crippen LogP contribution >= 0.6 is 11.3 Å². The molecule has 2 aromatic heterocycles. The van der Waals surface area contributed by atoms with Gasteiger partial charge >= 0.3 is 0 Å². The van der Waals surface area contributed by atoms with Gasteiger partial charge in [-0.25, -0.2) is 4.98 Å². The van der Waals surface area contributed by atoms with Crippen LogP contribution in [0, 0.1) is 0 Å². The molecular formula is C26H28N4O3S. The van der Waals surface area contributed by atoms with Crippen LogP contribution < -0.4 is 15.6 Å². The number of carbonyl (C=O) groups is 1. The second-order valence-electron chi connectivity index (χ2n) is 8.06. The van der Waals surface area contributed by atoms with E-state index in [9.17, 15) is 9.59 Å². The third kappa shape index (κ3) is 5.69. The Morgan fingerprint density at radius 2 is 1.94 bits per heavy atom. The lowest BCUT2D eigenvalue weighted by atomic mass is 9.95. The van der Waals surface area contributed by atoms with Gasteiger partial charge in [0.2, 0.25) is 10.9 Å². The van der Waals surface area contributed by atoms with E-state index in [1.54, 1.807) is 6.07 Å². The van der Waals surface area contributed by atoms with E-state index < -0.39 is 0 Å². The normalized spacial score (nSPS) is 11.9. The molecule has 34 heavy (non-hydrogen) atoms. The van der Waals surface area contributed by atoms with Gasteiger partial charge in [-0.2, -0.15) is 9.61 Å². The number of hydrogen-bond acceptors (Lipinski definition) is 6. The highest BCUT2D eigenvalue weighted by Gasteiger charge is 2.18. The van der Waals surface area contributed by atoms with E-state index >= 15 is 0 Å². The summed E-state index contributed by atoms with van der Waals surface area (Å²) in [5.74, 6) is 0.298. The molecule has 0 aliphatic carbocycles. The molecule has 0 saturated heterocycles. The van der Waals surface area contributed by atoms with E-state index in [1.165, 1.54) is 21.9 Å². The maximum absolute atomic E-state index is 12.9. The number of aromatic nitrogens is 3. The highest BCUT2D eigenvalue weighted by atomic mass is 32.1. The topological polar surface area (TPSA) is 85.6 Å². The number of ether oxygens (including phenoxy) is 1. The minimum Gasteiger partial charge on any atom is -0.487 e. The number of rotatable bonds is 10. The minimum absolute atomic E-state index is 0.0601. The maximum Gasteiger partial charge on any atom is 0.275 e. The molecule has 4 aromatic rings. The van der Waals surface area contributed by atoms with Crippen LogP contribution in [0.15, 0.2) is 65.5 Å². The van der Waals surface area contributed by atoms with Crippen LogP contribution in [0.2, 0.25) is 0 Å². The summed E-state index contributed by atoms with van der Waals surface area (Å²) in [5.41, 5.74) is 1.97. The molecule has 2 aromatic carbocycles. The van der Waals surface area contributed by atoms with Gasteiger partial charge in [0.25, 0.3) is 5.56 Å². The highest BCUT2D eigenvalue weighted by Crippen LogP contribution is 2.24. The van der Waals surface area contributed by atoms with Crippen molar-refractivity contribution in [3.63, 3.8) is 0 Å². The predicted octanol–water partition coefficient (Wildman–Crippen LogP) is 5.20. The number of carbonyl (C=O) groups excluding carboxylic acids is 1. The number of nitrogens with one attached hydrogen (secondary N) is 1. The fraction of sp³-hybridized carbons (Fsp3) is 0.308. The van der Waals surface area contributed by atoms with Crippen LogP contribution in [0.3, 0.4) is 0 Å². The number of anilines is 1. The molecule has 0 unspecified atom stereocenters. The van der Waals surface area contributed by atoms with Gasteiger partial charge in [0.1, 0.15) is 17.4 Å². The second-order valence-corrected chi connectivity index (χ2v) is 9.10. The summed E-state index contributed by atoms with van der Waals surface area (Å²) in [6.45, 7) is 4.27. The Hall–Kier alpha value is -3.52. The molecule has 0 aliphatic rings. The summed E-state index contributed by atoms with van der Waals surface area (Å²) in [7, 11) is 0. The predicted molar refractivity (Wildman–Crippen MR) is 135 cm³/mol. The summed E-state index contributed by atoms with van der Waals surface area (Å²) >= 11 is 1.44. The molecule has 8 heteroatoms. The molecule has 0 spiro atoms. The lowest BCUT2D eigenvalue weighted by Gasteiger charge is -2.16. The van der Waals surface area contributed by atoms with E-state index in [0.29, 0.717) is 28.5 Å². The summed E-state index contributed by atoms with van der Waals surface area (Å²) < 4.78 is 7.24. The lowest BCUT2D eigenvalue weighted by molar-refractivity contribution is -0.117. The first kappa shape index (κ1) is 23.6. The molecular weight excluding hydrogens is 448 g/mol. The van der Waals surface area contributed by atoms with Gasteiger partial charge in [0.05, 0.1) is 11.6 Å². The van der Waals surface area contributed by atoms with Crippen molar-refractivity contribution in [1.29, 1.82) is 0 Å². The fourth-order valence-corrected chi connectivity index (χ4v) is 4.67. The first-order valence-electron chi connectivity index (χ1n) is 11.5. The zero-order valence-electron chi connectivity index (χ0n) is 19.4. The van der Waals surface area contributed by atoms with Crippen molar-refractivity contribution in [3.8, 4) is 5.75 Å². The van der Waals surface area contributed by atoms with Crippen molar-refractivity contribution in [1.82, 2.24) is 14.6 Å². The van der Waals surface area contributed by atoms with Crippen LogP contribution in [0.5, 0.6) is 5.75 Å². The van der Waals surface area contributed by atoms with Gasteiger partial charge in [0.15, 0.2) is 0 Å². The summed E-state index contributed by atoms with van der Waals surface area (Å²) in [6.07, 6.45) is 3.65. The first-order valence-corrected chi connectivity index (χ1v) is 12.4. The fourth-order valence-electron chi connectivity index (χ4n) is 3.71. The zero-order chi connectivity index (χ0) is 23.9. The van der Waals surface area contributed by atoms with E-state index in [4.69, 9.17) is 4.74 Å². The van der Waals surface area contributed by atoms with Gasteiger partial charge in [-0.1, -0.05) is 68.0 Å². The molecule has 4 rings (SSSR count). The highest BCUT2D eigenvalue weighted by molar-refractivity contribution is 7.16. The smallest absolute Gasteiger partial charge is 0.275 e. The van der Waals surface area contributed by atoms with E-state index in [2.05, 4.69) is 22.3 Å². The standard InChI is InChI=1S/C26H28N4O3S/c1-3-5-14-23-29-30-24(31)16-20(28-26(30)34-23)17-33-21-13-9-12-19(15-21)27-25(32)22(4-2)18-10-7-6-8-11-18/h6-13,15-16,22H,3-5,14,17H2,1-2H3,(H,27,32)/t22-/m1/s1. The van der Waals surface area contributed by atoms with Gasteiger partial charge in [0, 0.05) is 24.2 Å². The van der Waals surface area contributed by atoms with E-state index in [0.717, 1.165) is 29.8 Å². The van der Waals surface area contributed by atoms with Crippen LogP contribution in [-0.2, 0) is 17.8 Å². The molecule has 0 bridgehead atoms. The van der Waals surface area contributed by atoms with Gasteiger partial charge in [-0.3, -0.25) is 9.59 Å². The monoisotopic (exact) mass is 476 g/mol. The number of fused-ring (bicyclic) bond motifs is 1. The summed E-state index contributed by atoms with van der Waals surface area (Å²) in [5, 5.41) is 8.27. The van der Waals surface area contributed by atoms with Gasteiger partial charge in [-0.15, -0.1) is 0 Å². The Bertz CT molecular complexity index is 1320. The largest absolute Gasteiger partial charge is 0.487 e. The van der Waals surface area contributed by atoms with Crippen LogP contribution in [0.1, 0.15) is 55.3 Å². The number of hydrogen-bond donors (Lipinski definition) is 1. The zero-order valence-corrected chi connectivity index (χ0v) is 20.2. The molecule has 2 heterocycles. The molecule has 0 aliphatic heterocycles. The molecule has 1 N–H and O–H groups in total. The molecule has 176 valence electrons. The van der Waals surface area contributed by atoms with Crippen molar-refractivity contribution < 1.29 is 9.53 Å². The van der Waals surface area contributed by atoms with Crippen LogP contribution in [0.4, 0.5) is 5.69 Å². The van der Waals surface area contributed by atoms with E-state index in [-0.39, 0.29) is 24.0 Å². The Labute approximate surface area is 202 Å². The first-order chi connectivity index (χ1) is 16.6. The van der Waals surface area contributed by atoms with Gasteiger partial charge in [-0.05, 0) is 30.5 Å². The second kappa shape index (κ2) is 11.1. The Morgan fingerprint density at radius 3 is 2.71 bits per heavy atom. The number of amides is 1. The quantitative estimate of drug-likeness (QED) is 0.340. The average Bonchev–Trinajstić information content (AvgIpc) is 3.26. The van der Waals surface area contributed by atoms with Crippen LogP contribution in [0.25, 0.3) is 4.96 Å². The third-order valence-corrected chi connectivity index (χ3v) is 6.47. The minimum atomic E-state index is -0.226. The number of benzene rings is 2. The Kier molecular flexibility index (Phi) is 7.69. The van der Waals surface area contributed by atoms with Crippen molar-refractivity contribution in [2.24, 2.45) is 0 Å². The summed E-state index contributed by atoms with van der Waals surface area (Å²) in [6, 6.07) is 18.4. The van der Waals surface area contributed by atoms with Crippen molar-refractivity contribution in [3.05, 3.63) is 87.3 Å². The number of aryl methyl sites for hydroxylation is 1.